The molecule has 7 nitrogen and oxygen atoms in total. The van der Waals surface area contributed by atoms with Crippen LogP contribution in [0.3, 0.4) is 0 Å². The highest BCUT2D eigenvalue weighted by molar-refractivity contribution is 7.89. The summed E-state index contributed by atoms with van der Waals surface area (Å²) in [5.41, 5.74) is 1.66. The lowest BCUT2D eigenvalue weighted by Crippen LogP contribution is -2.24. The second-order valence-corrected chi connectivity index (χ2v) is 8.53. The SMILES string of the molecule is CCOc1cc2c(cc1CNS(=O)(=O)c1ccsc1C(=O)O)O[C@@H](C)C2. The summed E-state index contributed by atoms with van der Waals surface area (Å²) in [6.07, 6.45) is 0.841. The number of fused-ring (bicyclic) bond motifs is 1. The molecule has 1 aromatic heterocycles. The van der Waals surface area contributed by atoms with Gasteiger partial charge in [0.1, 0.15) is 27.4 Å². The second kappa shape index (κ2) is 7.26. The number of nitrogens with one attached hydrogen (secondary N) is 1. The van der Waals surface area contributed by atoms with Crippen molar-refractivity contribution in [2.45, 2.75) is 37.8 Å². The van der Waals surface area contributed by atoms with Gasteiger partial charge in [0.05, 0.1) is 6.61 Å². The first kappa shape index (κ1) is 18.7. The Morgan fingerprint density at radius 2 is 2.23 bits per heavy atom. The van der Waals surface area contributed by atoms with E-state index < -0.39 is 16.0 Å². The summed E-state index contributed by atoms with van der Waals surface area (Å²) in [4.78, 5) is 10.7. The number of carboxylic acid groups (broad SMARTS) is 1. The first-order valence-electron chi connectivity index (χ1n) is 8.07. The normalized spacial score (nSPS) is 16.2. The van der Waals surface area contributed by atoms with Crippen molar-refractivity contribution < 1.29 is 27.8 Å². The summed E-state index contributed by atoms with van der Waals surface area (Å²) in [5.74, 6) is 0.0441. The Kier molecular flexibility index (Phi) is 5.22. The summed E-state index contributed by atoms with van der Waals surface area (Å²) in [5, 5.41) is 10.6. The average Bonchev–Trinajstić information content (AvgIpc) is 3.19. The number of carbonyl (C=O) groups is 1. The number of benzene rings is 1. The van der Waals surface area contributed by atoms with E-state index in [1.165, 1.54) is 11.4 Å². The van der Waals surface area contributed by atoms with Gasteiger partial charge in [-0.05, 0) is 37.4 Å². The van der Waals surface area contributed by atoms with Crippen molar-refractivity contribution in [3.05, 3.63) is 39.6 Å². The molecule has 0 spiro atoms. The smallest absolute Gasteiger partial charge is 0.347 e. The number of rotatable bonds is 7. The molecule has 0 aliphatic carbocycles. The molecule has 2 heterocycles. The molecule has 0 amide bonds. The number of ether oxygens (including phenoxy) is 2. The molecule has 9 heteroatoms. The van der Waals surface area contributed by atoms with Crippen LogP contribution in [0.25, 0.3) is 0 Å². The third-order valence-corrected chi connectivity index (χ3v) is 6.42. The minimum Gasteiger partial charge on any atom is -0.494 e. The molecule has 0 radical (unpaired) electrons. The maximum Gasteiger partial charge on any atom is 0.347 e. The molecule has 2 N–H and O–H groups in total. The van der Waals surface area contributed by atoms with Gasteiger partial charge in [-0.15, -0.1) is 11.3 Å². The largest absolute Gasteiger partial charge is 0.494 e. The number of carboxylic acids is 1. The van der Waals surface area contributed by atoms with Crippen molar-refractivity contribution in [3.8, 4) is 11.5 Å². The molecule has 0 unspecified atom stereocenters. The van der Waals surface area contributed by atoms with Crippen molar-refractivity contribution in [1.29, 1.82) is 0 Å². The maximum absolute atomic E-state index is 12.5. The maximum atomic E-state index is 12.5. The molecule has 3 rings (SSSR count). The lowest BCUT2D eigenvalue weighted by molar-refractivity contribution is 0.0698. The Labute approximate surface area is 155 Å². The Balaban J connectivity index is 1.86. The van der Waals surface area contributed by atoms with Gasteiger partial charge in [-0.25, -0.2) is 17.9 Å². The number of hydrogen-bond acceptors (Lipinski definition) is 6. The third kappa shape index (κ3) is 3.69. The summed E-state index contributed by atoms with van der Waals surface area (Å²) in [6, 6.07) is 4.94. The monoisotopic (exact) mass is 397 g/mol. The molecule has 0 saturated carbocycles. The first-order chi connectivity index (χ1) is 12.3. The van der Waals surface area contributed by atoms with Crippen molar-refractivity contribution in [3.63, 3.8) is 0 Å². The van der Waals surface area contributed by atoms with E-state index in [9.17, 15) is 13.2 Å². The number of aromatic carboxylic acids is 1. The molecular formula is C17H19NO6S2. The average molecular weight is 397 g/mol. The number of sulfonamides is 1. The fourth-order valence-corrected chi connectivity index (χ4v) is 5.09. The van der Waals surface area contributed by atoms with Crippen LogP contribution >= 0.6 is 11.3 Å². The molecule has 0 fully saturated rings. The van der Waals surface area contributed by atoms with E-state index in [4.69, 9.17) is 14.6 Å². The van der Waals surface area contributed by atoms with Crippen LogP contribution in [-0.2, 0) is 23.0 Å². The summed E-state index contributed by atoms with van der Waals surface area (Å²) < 4.78 is 38.8. The molecular weight excluding hydrogens is 378 g/mol. The topological polar surface area (TPSA) is 102 Å². The van der Waals surface area contributed by atoms with Crippen LogP contribution in [0.2, 0.25) is 0 Å². The van der Waals surface area contributed by atoms with Gasteiger partial charge < -0.3 is 14.6 Å². The Morgan fingerprint density at radius 3 is 2.92 bits per heavy atom. The van der Waals surface area contributed by atoms with Gasteiger partial charge in [0.25, 0.3) is 0 Å². The van der Waals surface area contributed by atoms with Crippen LogP contribution in [0.4, 0.5) is 0 Å². The van der Waals surface area contributed by atoms with Crippen LogP contribution < -0.4 is 14.2 Å². The van der Waals surface area contributed by atoms with Crippen LogP contribution in [0.15, 0.2) is 28.5 Å². The molecule has 1 aromatic carbocycles. The standard InChI is InChI=1S/C17H19NO6S2/c1-3-23-13-7-11-6-10(2)24-14(11)8-12(13)9-18-26(21,22)15-4-5-25-16(15)17(19)20/h4-5,7-8,10,18H,3,6,9H2,1-2H3,(H,19,20)/t10-/m0/s1. The zero-order chi connectivity index (χ0) is 18.9. The van der Waals surface area contributed by atoms with Crippen LogP contribution in [0.1, 0.15) is 34.6 Å². The molecule has 1 aliphatic heterocycles. The van der Waals surface area contributed by atoms with Gasteiger partial charge in [0, 0.05) is 24.1 Å². The minimum absolute atomic E-state index is 0.0302. The Bertz CT molecular complexity index is 935. The zero-order valence-electron chi connectivity index (χ0n) is 14.3. The van der Waals surface area contributed by atoms with Gasteiger partial charge in [-0.1, -0.05) is 0 Å². The van der Waals surface area contributed by atoms with E-state index >= 15 is 0 Å². The van der Waals surface area contributed by atoms with Crippen molar-refractivity contribution in [2.24, 2.45) is 0 Å². The molecule has 140 valence electrons. The predicted octanol–water partition coefficient (Wildman–Crippen LogP) is 2.65. The molecule has 1 aliphatic rings. The molecule has 0 bridgehead atoms. The molecule has 26 heavy (non-hydrogen) atoms. The van der Waals surface area contributed by atoms with E-state index in [-0.39, 0.29) is 22.4 Å². The first-order valence-corrected chi connectivity index (χ1v) is 10.4. The van der Waals surface area contributed by atoms with Crippen molar-refractivity contribution in [1.82, 2.24) is 4.72 Å². The quantitative estimate of drug-likeness (QED) is 0.745. The fourth-order valence-electron chi connectivity index (χ4n) is 2.83. The lowest BCUT2D eigenvalue weighted by atomic mass is 10.1. The van der Waals surface area contributed by atoms with Gasteiger partial charge >= 0.3 is 5.97 Å². The third-order valence-electron chi connectivity index (χ3n) is 3.94. The van der Waals surface area contributed by atoms with Crippen LogP contribution in [0.5, 0.6) is 11.5 Å². The van der Waals surface area contributed by atoms with Crippen LogP contribution in [0, 0.1) is 0 Å². The highest BCUT2D eigenvalue weighted by atomic mass is 32.2. The number of hydrogen-bond donors (Lipinski definition) is 2. The van der Waals surface area contributed by atoms with Gasteiger partial charge in [-0.2, -0.15) is 0 Å². The number of thiophene rings is 1. The van der Waals surface area contributed by atoms with Crippen LogP contribution in [-0.4, -0.2) is 32.2 Å². The van der Waals surface area contributed by atoms with E-state index in [0.717, 1.165) is 29.1 Å². The summed E-state index contributed by atoms with van der Waals surface area (Å²) in [6.45, 7) is 4.23. The second-order valence-electron chi connectivity index (χ2n) is 5.88. The van der Waals surface area contributed by atoms with E-state index in [1.54, 1.807) is 6.07 Å². The molecule has 1 atom stereocenters. The summed E-state index contributed by atoms with van der Waals surface area (Å²) >= 11 is 0.871. The highest BCUT2D eigenvalue weighted by Crippen LogP contribution is 2.35. The van der Waals surface area contributed by atoms with Gasteiger partial charge in [0.15, 0.2) is 0 Å². The van der Waals surface area contributed by atoms with E-state index in [1.807, 2.05) is 19.9 Å². The zero-order valence-corrected chi connectivity index (χ0v) is 15.9. The van der Waals surface area contributed by atoms with E-state index in [0.29, 0.717) is 17.9 Å². The Hall–Kier alpha value is -2.10. The highest BCUT2D eigenvalue weighted by Gasteiger charge is 2.25. The van der Waals surface area contributed by atoms with Gasteiger partial charge in [-0.3, -0.25) is 0 Å². The fraction of sp³-hybridized carbons (Fsp3) is 0.353. The van der Waals surface area contributed by atoms with Crippen molar-refractivity contribution in [2.75, 3.05) is 6.61 Å². The molecule has 0 saturated heterocycles. The summed E-state index contributed by atoms with van der Waals surface area (Å²) in [7, 11) is -3.96. The van der Waals surface area contributed by atoms with E-state index in [2.05, 4.69) is 4.72 Å². The van der Waals surface area contributed by atoms with Gasteiger partial charge in [0.2, 0.25) is 10.0 Å². The predicted molar refractivity (Wildman–Crippen MR) is 96.7 cm³/mol. The lowest BCUT2D eigenvalue weighted by Gasteiger charge is -2.13. The molecule has 2 aromatic rings. The minimum atomic E-state index is -3.96. The Morgan fingerprint density at radius 1 is 1.46 bits per heavy atom. The van der Waals surface area contributed by atoms with Crippen molar-refractivity contribution >= 4 is 27.3 Å².